The SMILES string of the molecule is NC(=O)C1(NC(=O)O)CCOCC1. The Kier molecular flexibility index (Phi) is 2.72. The summed E-state index contributed by atoms with van der Waals surface area (Å²) >= 11 is 0. The number of ether oxygens (including phenoxy) is 1. The van der Waals surface area contributed by atoms with Gasteiger partial charge in [0.25, 0.3) is 0 Å². The lowest BCUT2D eigenvalue weighted by molar-refractivity contribution is -0.128. The molecule has 0 radical (unpaired) electrons. The van der Waals surface area contributed by atoms with Gasteiger partial charge in [0.15, 0.2) is 0 Å². The molecule has 0 spiro atoms. The predicted octanol–water partition coefficient (Wildman–Crippen LogP) is -0.712. The van der Waals surface area contributed by atoms with Crippen molar-refractivity contribution in [2.24, 2.45) is 5.73 Å². The second kappa shape index (κ2) is 3.61. The van der Waals surface area contributed by atoms with Crippen LogP contribution in [0.4, 0.5) is 4.79 Å². The van der Waals surface area contributed by atoms with E-state index in [0.717, 1.165) is 0 Å². The fraction of sp³-hybridized carbons (Fsp3) is 0.714. The van der Waals surface area contributed by atoms with E-state index in [9.17, 15) is 9.59 Å². The van der Waals surface area contributed by atoms with Gasteiger partial charge in [-0.3, -0.25) is 4.79 Å². The average molecular weight is 188 g/mol. The van der Waals surface area contributed by atoms with E-state index in [1.807, 2.05) is 0 Å². The highest BCUT2D eigenvalue weighted by molar-refractivity contribution is 5.88. The molecule has 6 nitrogen and oxygen atoms in total. The third-order valence-electron chi connectivity index (χ3n) is 2.16. The first-order valence-electron chi connectivity index (χ1n) is 3.95. The number of carboxylic acid groups (broad SMARTS) is 1. The number of primary amides is 1. The van der Waals surface area contributed by atoms with Crippen molar-refractivity contribution in [2.45, 2.75) is 18.4 Å². The smallest absolute Gasteiger partial charge is 0.405 e. The number of nitrogens with one attached hydrogen (secondary N) is 1. The van der Waals surface area contributed by atoms with Crippen LogP contribution in [0.25, 0.3) is 0 Å². The van der Waals surface area contributed by atoms with Crippen molar-refractivity contribution in [3.63, 3.8) is 0 Å². The number of rotatable bonds is 2. The van der Waals surface area contributed by atoms with Gasteiger partial charge < -0.3 is 20.9 Å². The summed E-state index contributed by atoms with van der Waals surface area (Å²) in [4.78, 5) is 21.5. The molecule has 0 saturated carbocycles. The van der Waals surface area contributed by atoms with Gasteiger partial charge in [-0.15, -0.1) is 0 Å². The molecule has 0 aromatic carbocycles. The molecular weight excluding hydrogens is 176 g/mol. The van der Waals surface area contributed by atoms with Gasteiger partial charge >= 0.3 is 6.09 Å². The molecular formula is C7H12N2O4. The van der Waals surface area contributed by atoms with E-state index in [2.05, 4.69) is 5.32 Å². The minimum absolute atomic E-state index is 0.300. The third-order valence-corrected chi connectivity index (χ3v) is 2.16. The Balaban J connectivity index is 2.73. The lowest BCUT2D eigenvalue weighted by Crippen LogP contribution is -2.59. The van der Waals surface area contributed by atoms with Crippen LogP contribution >= 0.6 is 0 Å². The number of carbonyl (C=O) groups is 2. The van der Waals surface area contributed by atoms with Crippen LogP contribution in [0.15, 0.2) is 0 Å². The van der Waals surface area contributed by atoms with Crippen molar-refractivity contribution in [2.75, 3.05) is 13.2 Å². The first-order valence-corrected chi connectivity index (χ1v) is 3.95. The zero-order valence-corrected chi connectivity index (χ0v) is 7.08. The van der Waals surface area contributed by atoms with Crippen molar-refractivity contribution in [3.8, 4) is 0 Å². The Morgan fingerprint density at radius 2 is 1.92 bits per heavy atom. The summed E-state index contributed by atoms with van der Waals surface area (Å²) in [5.74, 6) is -0.641. The fourth-order valence-electron chi connectivity index (χ4n) is 1.36. The predicted molar refractivity (Wildman–Crippen MR) is 43.1 cm³/mol. The van der Waals surface area contributed by atoms with Crippen LogP contribution in [0.1, 0.15) is 12.8 Å². The van der Waals surface area contributed by atoms with Crippen molar-refractivity contribution < 1.29 is 19.4 Å². The lowest BCUT2D eigenvalue weighted by atomic mass is 9.89. The van der Waals surface area contributed by atoms with Crippen LogP contribution < -0.4 is 11.1 Å². The van der Waals surface area contributed by atoms with Crippen molar-refractivity contribution in [1.29, 1.82) is 0 Å². The highest BCUT2D eigenvalue weighted by Gasteiger charge is 2.39. The second-order valence-electron chi connectivity index (χ2n) is 2.99. The molecule has 4 N–H and O–H groups in total. The van der Waals surface area contributed by atoms with Crippen LogP contribution in [-0.2, 0) is 9.53 Å². The van der Waals surface area contributed by atoms with E-state index in [1.165, 1.54) is 0 Å². The maximum atomic E-state index is 11.1. The molecule has 1 fully saturated rings. The van der Waals surface area contributed by atoms with Gasteiger partial charge in [-0.2, -0.15) is 0 Å². The molecule has 1 rings (SSSR count). The summed E-state index contributed by atoms with van der Waals surface area (Å²) in [6.45, 7) is 0.701. The van der Waals surface area contributed by atoms with Gasteiger partial charge in [-0.1, -0.05) is 0 Å². The molecule has 0 aromatic heterocycles. The van der Waals surface area contributed by atoms with Crippen molar-refractivity contribution >= 4 is 12.0 Å². The minimum Gasteiger partial charge on any atom is -0.465 e. The van der Waals surface area contributed by atoms with Gasteiger partial charge in [0.05, 0.1) is 0 Å². The first-order chi connectivity index (χ1) is 6.07. The molecule has 13 heavy (non-hydrogen) atoms. The number of nitrogens with two attached hydrogens (primary N) is 1. The fourth-order valence-corrected chi connectivity index (χ4v) is 1.36. The highest BCUT2D eigenvalue weighted by atomic mass is 16.5. The molecule has 0 unspecified atom stereocenters. The Morgan fingerprint density at radius 1 is 1.38 bits per heavy atom. The molecule has 1 aliphatic rings. The maximum absolute atomic E-state index is 11.1. The molecule has 0 aliphatic carbocycles. The first kappa shape index (κ1) is 9.79. The van der Waals surface area contributed by atoms with E-state index in [4.69, 9.17) is 15.6 Å². The Hall–Kier alpha value is -1.30. The van der Waals surface area contributed by atoms with E-state index < -0.39 is 17.5 Å². The summed E-state index contributed by atoms with van der Waals surface area (Å²) in [5, 5.41) is 10.7. The quantitative estimate of drug-likeness (QED) is 0.532. The summed E-state index contributed by atoms with van der Waals surface area (Å²) < 4.78 is 5.02. The summed E-state index contributed by atoms with van der Waals surface area (Å²) in [5.41, 5.74) is 4.00. The van der Waals surface area contributed by atoms with Crippen LogP contribution in [0.2, 0.25) is 0 Å². The van der Waals surface area contributed by atoms with Gasteiger partial charge in [-0.25, -0.2) is 4.79 Å². The van der Waals surface area contributed by atoms with E-state index in [1.54, 1.807) is 0 Å². The van der Waals surface area contributed by atoms with Gasteiger partial charge in [0.1, 0.15) is 5.54 Å². The van der Waals surface area contributed by atoms with Gasteiger partial charge in [0.2, 0.25) is 5.91 Å². The Labute approximate surface area is 75.0 Å². The average Bonchev–Trinajstić information content (AvgIpc) is 2.04. The molecule has 1 saturated heterocycles. The summed E-state index contributed by atoms with van der Waals surface area (Å²) in [6.07, 6.45) is -0.635. The maximum Gasteiger partial charge on any atom is 0.405 e. The summed E-state index contributed by atoms with van der Waals surface area (Å²) in [6, 6.07) is 0. The minimum atomic E-state index is -1.24. The van der Waals surface area contributed by atoms with Crippen LogP contribution in [-0.4, -0.2) is 35.9 Å². The molecule has 2 amide bonds. The van der Waals surface area contributed by atoms with Crippen LogP contribution in [0, 0.1) is 0 Å². The zero-order chi connectivity index (χ0) is 9.90. The number of carbonyl (C=O) groups excluding carboxylic acids is 1. The van der Waals surface area contributed by atoms with Gasteiger partial charge in [0, 0.05) is 26.1 Å². The monoisotopic (exact) mass is 188 g/mol. The van der Waals surface area contributed by atoms with E-state index in [-0.39, 0.29) is 0 Å². The molecule has 1 aliphatic heterocycles. The van der Waals surface area contributed by atoms with Gasteiger partial charge in [-0.05, 0) is 0 Å². The number of amides is 2. The summed E-state index contributed by atoms with van der Waals surface area (Å²) in [7, 11) is 0. The lowest BCUT2D eigenvalue weighted by Gasteiger charge is -2.33. The van der Waals surface area contributed by atoms with Crippen molar-refractivity contribution in [1.82, 2.24) is 5.32 Å². The molecule has 1 heterocycles. The standard InChI is InChI=1S/C7H12N2O4/c8-5(10)7(9-6(11)12)1-3-13-4-2-7/h9H,1-4H2,(H2,8,10)(H,11,12). The molecule has 74 valence electrons. The Morgan fingerprint density at radius 3 is 2.31 bits per heavy atom. The molecule has 6 heteroatoms. The van der Waals surface area contributed by atoms with E-state index >= 15 is 0 Å². The zero-order valence-electron chi connectivity index (χ0n) is 7.08. The molecule has 0 atom stereocenters. The Bertz CT molecular complexity index is 223. The van der Waals surface area contributed by atoms with E-state index in [0.29, 0.717) is 26.1 Å². The highest BCUT2D eigenvalue weighted by Crippen LogP contribution is 2.19. The van der Waals surface area contributed by atoms with Crippen LogP contribution in [0.5, 0.6) is 0 Å². The third kappa shape index (κ3) is 2.09. The number of hydrogen-bond donors (Lipinski definition) is 3. The van der Waals surface area contributed by atoms with Crippen LogP contribution in [0.3, 0.4) is 0 Å². The number of hydrogen-bond acceptors (Lipinski definition) is 3. The normalized spacial score (nSPS) is 20.6. The molecule has 0 aromatic rings. The second-order valence-corrected chi connectivity index (χ2v) is 2.99. The van der Waals surface area contributed by atoms with Crippen molar-refractivity contribution in [3.05, 3.63) is 0 Å². The molecule has 0 bridgehead atoms. The largest absolute Gasteiger partial charge is 0.465 e. The topological polar surface area (TPSA) is 102 Å².